The van der Waals surface area contributed by atoms with Gasteiger partial charge in [0.15, 0.2) is 5.58 Å². The monoisotopic (exact) mass is 381 g/mol. The molecule has 0 aliphatic heterocycles. The van der Waals surface area contributed by atoms with Gasteiger partial charge < -0.3 is 14.9 Å². The Hall–Kier alpha value is -3.52. The van der Waals surface area contributed by atoms with E-state index in [1.54, 1.807) is 66.7 Å². The van der Waals surface area contributed by atoms with Crippen molar-refractivity contribution in [1.82, 2.24) is 4.98 Å². The minimum absolute atomic E-state index is 0.0379. The molecule has 0 aliphatic carbocycles. The van der Waals surface area contributed by atoms with E-state index < -0.39 is 10.0 Å². The van der Waals surface area contributed by atoms with Crippen LogP contribution in [-0.2, 0) is 10.0 Å². The quantitative estimate of drug-likeness (QED) is 0.506. The van der Waals surface area contributed by atoms with E-state index in [-0.39, 0.29) is 16.7 Å². The number of benzene rings is 3. The molecular formula is C19H15N3O4S. The normalized spacial score (nSPS) is 11.4. The van der Waals surface area contributed by atoms with Crippen LogP contribution in [0.15, 0.2) is 82.1 Å². The molecule has 4 rings (SSSR count). The molecule has 0 aliphatic rings. The summed E-state index contributed by atoms with van der Waals surface area (Å²) in [5.41, 5.74) is 7.29. The first-order valence-electron chi connectivity index (χ1n) is 8.02. The van der Waals surface area contributed by atoms with Gasteiger partial charge in [-0.05, 0) is 48.5 Å². The van der Waals surface area contributed by atoms with Crippen molar-refractivity contribution in [3.05, 3.63) is 72.8 Å². The van der Waals surface area contributed by atoms with Gasteiger partial charge >= 0.3 is 6.01 Å². The molecule has 0 unspecified atom stereocenters. The van der Waals surface area contributed by atoms with Crippen LogP contribution >= 0.6 is 0 Å². The van der Waals surface area contributed by atoms with Gasteiger partial charge in [0.2, 0.25) is 0 Å². The fourth-order valence-corrected chi connectivity index (χ4v) is 3.56. The van der Waals surface area contributed by atoms with Gasteiger partial charge in [-0.3, -0.25) is 0 Å². The number of anilines is 2. The van der Waals surface area contributed by atoms with Crippen LogP contribution in [0.1, 0.15) is 0 Å². The topological polar surface area (TPSA) is 107 Å². The van der Waals surface area contributed by atoms with E-state index >= 15 is 0 Å². The van der Waals surface area contributed by atoms with E-state index in [2.05, 4.69) is 9.71 Å². The number of hydrogen-bond acceptors (Lipinski definition) is 6. The first-order chi connectivity index (χ1) is 13.0. The lowest BCUT2D eigenvalue weighted by molar-refractivity contribution is 0.468. The Balaban J connectivity index is 1.66. The number of ether oxygens (including phenoxy) is 1. The number of sulfonamides is 1. The van der Waals surface area contributed by atoms with Crippen molar-refractivity contribution in [2.24, 2.45) is 0 Å². The van der Waals surface area contributed by atoms with Crippen LogP contribution in [0.4, 0.5) is 11.7 Å². The van der Waals surface area contributed by atoms with Crippen molar-refractivity contribution >= 4 is 32.8 Å². The summed E-state index contributed by atoms with van der Waals surface area (Å²) in [4.78, 5) is 4.10. The molecule has 4 aromatic rings. The number of nitrogen functional groups attached to an aromatic ring is 1. The average Bonchev–Trinajstić information content (AvgIpc) is 3.05. The Kier molecular flexibility index (Phi) is 4.17. The van der Waals surface area contributed by atoms with Crippen LogP contribution in [0.3, 0.4) is 0 Å². The molecule has 27 heavy (non-hydrogen) atoms. The van der Waals surface area contributed by atoms with Crippen molar-refractivity contribution in [2.75, 3.05) is 10.5 Å². The Morgan fingerprint density at radius 3 is 2.41 bits per heavy atom. The summed E-state index contributed by atoms with van der Waals surface area (Å²) in [5, 5.41) is 0. The predicted molar refractivity (Wildman–Crippen MR) is 102 cm³/mol. The molecule has 0 radical (unpaired) electrons. The van der Waals surface area contributed by atoms with E-state index in [0.29, 0.717) is 22.5 Å². The maximum absolute atomic E-state index is 12.8. The Morgan fingerprint density at radius 2 is 1.63 bits per heavy atom. The van der Waals surface area contributed by atoms with E-state index in [4.69, 9.17) is 14.9 Å². The van der Waals surface area contributed by atoms with Gasteiger partial charge in [0.1, 0.15) is 21.9 Å². The van der Waals surface area contributed by atoms with Gasteiger partial charge in [-0.1, -0.05) is 24.3 Å². The van der Waals surface area contributed by atoms with Gasteiger partial charge in [-0.25, -0.2) is 13.1 Å². The first-order valence-corrected chi connectivity index (χ1v) is 9.50. The fraction of sp³-hybridized carbons (Fsp3) is 0. The van der Waals surface area contributed by atoms with Crippen LogP contribution < -0.4 is 15.2 Å². The molecule has 1 heterocycles. The molecule has 0 fully saturated rings. The van der Waals surface area contributed by atoms with E-state index in [0.717, 1.165) is 0 Å². The summed E-state index contributed by atoms with van der Waals surface area (Å²) in [6, 6.07) is 19.9. The summed E-state index contributed by atoms with van der Waals surface area (Å²) < 4.78 is 39.2. The smallest absolute Gasteiger partial charge is 0.309 e. The van der Waals surface area contributed by atoms with Crippen LogP contribution in [0.2, 0.25) is 0 Å². The van der Waals surface area contributed by atoms with Gasteiger partial charge in [-0.2, -0.15) is 4.98 Å². The summed E-state index contributed by atoms with van der Waals surface area (Å²) >= 11 is 0. The molecule has 8 heteroatoms. The standard InChI is InChI=1S/C19H15N3O4S/c20-13-9-11-14(12-10-13)25-17-7-3-4-8-18(17)27(23,24)22-19-21-15-5-1-2-6-16(15)26-19/h1-12H,20H2,(H,21,22). The second kappa shape index (κ2) is 6.65. The molecule has 1 aromatic heterocycles. The number of nitrogens with zero attached hydrogens (tertiary/aromatic N) is 1. The minimum atomic E-state index is -3.98. The zero-order chi connectivity index (χ0) is 18.9. The first kappa shape index (κ1) is 16.9. The largest absolute Gasteiger partial charge is 0.456 e. The lowest BCUT2D eigenvalue weighted by Gasteiger charge is -2.11. The zero-order valence-corrected chi connectivity index (χ0v) is 14.8. The second-order valence-electron chi connectivity index (χ2n) is 5.71. The number of aromatic nitrogens is 1. The number of hydrogen-bond donors (Lipinski definition) is 2. The molecule has 0 spiro atoms. The summed E-state index contributed by atoms with van der Waals surface area (Å²) in [6.07, 6.45) is 0. The number of para-hydroxylation sites is 3. The van der Waals surface area contributed by atoms with Crippen LogP contribution in [0, 0.1) is 0 Å². The molecule has 3 aromatic carbocycles. The summed E-state index contributed by atoms with van der Waals surface area (Å²) in [6.45, 7) is 0. The van der Waals surface area contributed by atoms with Crippen molar-refractivity contribution < 1.29 is 17.6 Å². The molecule has 0 bridgehead atoms. The van der Waals surface area contributed by atoms with Crippen molar-refractivity contribution in [3.63, 3.8) is 0 Å². The number of nitrogens with two attached hydrogens (primary N) is 1. The lowest BCUT2D eigenvalue weighted by Crippen LogP contribution is -2.14. The predicted octanol–water partition coefficient (Wildman–Crippen LogP) is 4.00. The van der Waals surface area contributed by atoms with Gasteiger partial charge in [-0.15, -0.1) is 0 Å². The summed E-state index contributed by atoms with van der Waals surface area (Å²) in [5.74, 6) is 0.639. The van der Waals surface area contributed by atoms with E-state index in [1.807, 2.05) is 0 Å². The highest BCUT2D eigenvalue weighted by atomic mass is 32.2. The number of fused-ring (bicyclic) bond motifs is 1. The molecule has 0 atom stereocenters. The Bertz CT molecular complexity index is 1170. The molecular weight excluding hydrogens is 366 g/mol. The highest BCUT2D eigenvalue weighted by Gasteiger charge is 2.22. The molecule has 0 saturated heterocycles. The SMILES string of the molecule is Nc1ccc(Oc2ccccc2S(=O)(=O)Nc2nc3ccccc3o2)cc1. The number of oxazole rings is 1. The fourth-order valence-electron chi connectivity index (χ4n) is 2.51. The molecule has 136 valence electrons. The average molecular weight is 381 g/mol. The molecule has 7 nitrogen and oxygen atoms in total. The molecule has 0 saturated carbocycles. The van der Waals surface area contributed by atoms with E-state index in [9.17, 15) is 8.42 Å². The lowest BCUT2D eigenvalue weighted by atomic mass is 10.3. The molecule has 0 amide bonds. The minimum Gasteiger partial charge on any atom is -0.456 e. The second-order valence-corrected chi connectivity index (χ2v) is 7.36. The number of nitrogens with one attached hydrogen (secondary N) is 1. The summed E-state index contributed by atoms with van der Waals surface area (Å²) in [7, 11) is -3.98. The third kappa shape index (κ3) is 3.56. The highest BCUT2D eigenvalue weighted by Crippen LogP contribution is 2.30. The van der Waals surface area contributed by atoms with Crippen LogP contribution in [0.5, 0.6) is 11.5 Å². The van der Waals surface area contributed by atoms with Crippen molar-refractivity contribution in [3.8, 4) is 11.5 Å². The Labute approximate surface area is 155 Å². The van der Waals surface area contributed by atoms with Crippen molar-refractivity contribution in [2.45, 2.75) is 4.90 Å². The van der Waals surface area contributed by atoms with Gasteiger partial charge in [0.05, 0.1) is 0 Å². The van der Waals surface area contributed by atoms with Gasteiger partial charge in [0.25, 0.3) is 10.0 Å². The van der Waals surface area contributed by atoms with Crippen molar-refractivity contribution in [1.29, 1.82) is 0 Å². The molecule has 3 N–H and O–H groups in total. The third-order valence-corrected chi connectivity index (χ3v) is 5.12. The van der Waals surface area contributed by atoms with Crippen LogP contribution in [-0.4, -0.2) is 13.4 Å². The maximum atomic E-state index is 12.8. The van der Waals surface area contributed by atoms with Crippen LogP contribution in [0.25, 0.3) is 11.1 Å². The Morgan fingerprint density at radius 1 is 0.926 bits per heavy atom. The zero-order valence-electron chi connectivity index (χ0n) is 14.0. The highest BCUT2D eigenvalue weighted by molar-refractivity contribution is 7.92. The van der Waals surface area contributed by atoms with Gasteiger partial charge in [0, 0.05) is 5.69 Å². The third-order valence-electron chi connectivity index (χ3n) is 3.76. The number of rotatable bonds is 5. The maximum Gasteiger partial charge on any atom is 0.309 e. The van der Waals surface area contributed by atoms with E-state index in [1.165, 1.54) is 6.07 Å².